The van der Waals surface area contributed by atoms with Crippen LogP contribution in [-0.2, 0) is 11.2 Å². The number of hydrogen-bond acceptors (Lipinski definition) is 2. The van der Waals surface area contributed by atoms with Crippen molar-refractivity contribution in [3.05, 3.63) is 58.9 Å². The number of hydrogen-bond donors (Lipinski definition) is 2. The summed E-state index contributed by atoms with van der Waals surface area (Å²) in [5.41, 5.74) is 7.59. The summed E-state index contributed by atoms with van der Waals surface area (Å²) in [7, 11) is 0. The van der Waals surface area contributed by atoms with Crippen LogP contribution in [0.1, 0.15) is 18.9 Å². The molecule has 0 bridgehead atoms. The molecule has 0 unspecified atom stereocenters. The summed E-state index contributed by atoms with van der Waals surface area (Å²) in [5.74, 6) is -0.276. The van der Waals surface area contributed by atoms with Gasteiger partial charge in [0.1, 0.15) is 5.82 Å². The van der Waals surface area contributed by atoms with E-state index in [1.165, 1.54) is 12.1 Å². The molecule has 0 spiro atoms. The molecule has 1 aliphatic heterocycles. The maximum Gasteiger partial charge on any atom is 0.227 e. The van der Waals surface area contributed by atoms with Crippen LogP contribution >= 0.6 is 11.6 Å². The van der Waals surface area contributed by atoms with Crippen LogP contribution in [0.3, 0.4) is 0 Å². The largest absolute Gasteiger partial charge is 0.352 e. The van der Waals surface area contributed by atoms with Crippen molar-refractivity contribution in [1.29, 1.82) is 0 Å². The van der Waals surface area contributed by atoms with E-state index in [9.17, 15) is 9.18 Å². The van der Waals surface area contributed by atoms with Gasteiger partial charge in [-0.25, -0.2) is 4.39 Å². The standard InChI is InChI=1S/C19H20ClFN2O/c1-19(11-22)10-15(23-18(19)24)8-12-2-4-13(5-3-12)16-9-14(20)6-7-17(16)21/h2-7,9,15H,8,10-11,22H2,1H3,(H,23,24)/t15-,19+/m1/s1. The van der Waals surface area contributed by atoms with Gasteiger partial charge >= 0.3 is 0 Å². The summed E-state index contributed by atoms with van der Waals surface area (Å²) in [4.78, 5) is 12.0. The number of carbonyl (C=O) groups is 1. The normalized spacial score (nSPS) is 23.3. The third-order valence-electron chi connectivity index (χ3n) is 4.71. The van der Waals surface area contributed by atoms with Gasteiger partial charge in [-0.05, 0) is 49.1 Å². The first-order chi connectivity index (χ1) is 11.4. The van der Waals surface area contributed by atoms with Crippen LogP contribution in [0, 0.1) is 11.2 Å². The molecule has 5 heteroatoms. The van der Waals surface area contributed by atoms with Crippen LogP contribution in [0.4, 0.5) is 4.39 Å². The molecule has 3 rings (SSSR count). The first-order valence-corrected chi connectivity index (χ1v) is 8.34. The Hall–Kier alpha value is -1.91. The van der Waals surface area contributed by atoms with Gasteiger partial charge in [0, 0.05) is 23.2 Å². The second-order valence-electron chi connectivity index (χ2n) is 6.66. The predicted octanol–water partition coefficient (Wildman–Crippen LogP) is 3.54. The number of rotatable bonds is 4. The minimum Gasteiger partial charge on any atom is -0.352 e. The van der Waals surface area contributed by atoms with Crippen LogP contribution in [0.15, 0.2) is 42.5 Å². The van der Waals surface area contributed by atoms with E-state index < -0.39 is 5.41 Å². The molecule has 1 fully saturated rings. The maximum absolute atomic E-state index is 13.9. The van der Waals surface area contributed by atoms with Crippen LogP contribution in [0.2, 0.25) is 5.02 Å². The molecule has 1 saturated heterocycles. The minimum absolute atomic E-state index is 0.0209. The summed E-state index contributed by atoms with van der Waals surface area (Å²) in [6.07, 6.45) is 1.46. The SMILES string of the molecule is C[C@@]1(CN)C[C@@H](Cc2ccc(-c3cc(Cl)ccc3F)cc2)NC1=O. The first kappa shape index (κ1) is 16.9. The van der Waals surface area contributed by atoms with Crippen LogP contribution in [0.5, 0.6) is 0 Å². The van der Waals surface area contributed by atoms with Gasteiger partial charge in [0.05, 0.1) is 5.41 Å². The Bertz CT molecular complexity index is 762. The Morgan fingerprint density at radius 1 is 1.29 bits per heavy atom. The smallest absolute Gasteiger partial charge is 0.227 e. The van der Waals surface area contributed by atoms with Gasteiger partial charge in [-0.15, -0.1) is 0 Å². The Kier molecular flexibility index (Phi) is 4.61. The number of benzene rings is 2. The van der Waals surface area contributed by atoms with E-state index in [2.05, 4.69) is 5.32 Å². The second-order valence-corrected chi connectivity index (χ2v) is 7.10. The molecule has 0 aliphatic carbocycles. The van der Waals surface area contributed by atoms with E-state index in [1.807, 2.05) is 31.2 Å². The van der Waals surface area contributed by atoms with E-state index >= 15 is 0 Å². The Morgan fingerprint density at radius 3 is 2.62 bits per heavy atom. The lowest BCUT2D eigenvalue weighted by Gasteiger charge is -2.17. The van der Waals surface area contributed by atoms with Crippen LogP contribution in [0.25, 0.3) is 11.1 Å². The van der Waals surface area contributed by atoms with Crippen LogP contribution in [-0.4, -0.2) is 18.5 Å². The Morgan fingerprint density at radius 2 is 2.00 bits per heavy atom. The zero-order chi connectivity index (χ0) is 17.3. The molecule has 0 radical (unpaired) electrons. The van der Waals surface area contributed by atoms with Crippen molar-refractivity contribution in [3.63, 3.8) is 0 Å². The average Bonchev–Trinajstić information content (AvgIpc) is 2.85. The van der Waals surface area contributed by atoms with Crippen molar-refractivity contribution in [3.8, 4) is 11.1 Å². The predicted molar refractivity (Wildman–Crippen MR) is 94.3 cm³/mol. The Balaban J connectivity index is 1.74. The molecule has 1 aliphatic rings. The highest BCUT2D eigenvalue weighted by Crippen LogP contribution is 2.31. The molecule has 126 valence electrons. The number of amides is 1. The Labute approximate surface area is 146 Å². The summed E-state index contributed by atoms with van der Waals surface area (Å²) in [5, 5.41) is 3.52. The molecular formula is C19H20ClFN2O. The quantitative estimate of drug-likeness (QED) is 0.889. The summed E-state index contributed by atoms with van der Waals surface area (Å²) in [6.45, 7) is 2.25. The van der Waals surface area contributed by atoms with Crippen molar-refractivity contribution >= 4 is 17.5 Å². The molecule has 3 N–H and O–H groups in total. The molecule has 0 saturated carbocycles. The fraction of sp³-hybridized carbons (Fsp3) is 0.316. The molecule has 2 aromatic rings. The second kappa shape index (κ2) is 6.54. The maximum atomic E-state index is 13.9. The van der Waals surface area contributed by atoms with E-state index in [0.29, 0.717) is 17.1 Å². The zero-order valence-electron chi connectivity index (χ0n) is 13.5. The van der Waals surface area contributed by atoms with Gasteiger partial charge in [-0.1, -0.05) is 35.9 Å². The lowest BCUT2D eigenvalue weighted by Crippen LogP contribution is -2.35. The monoisotopic (exact) mass is 346 g/mol. The number of nitrogens with one attached hydrogen (secondary N) is 1. The number of halogens is 2. The molecule has 3 nitrogen and oxygen atoms in total. The van der Waals surface area contributed by atoms with Gasteiger partial charge in [0.25, 0.3) is 0 Å². The molecular weight excluding hydrogens is 327 g/mol. The van der Waals surface area contributed by atoms with Gasteiger partial charge in [0.15, 0.2) is 0 Å². The third kappa shape index (κ3) is 3.30. The molecule has 1 heterocycles. The van der Waals surface area contributed by atoms with Crippen molar-refractivity contribution in [1.82, 2.24) is 5.32 Å². The minimum atomic E-state index is -0.478. The van der Waals surface area contributed by atoms with Crippen molar-refractivity contribution in [2.45, 2.75) is 25.8 Å². The van der Waals surface area contributed by atoms with Crippen LogP contribution < -0.4 is 11.1 Å². The topological polar surface area (TPSA) is 55.1 Å². The van der Waals surface area contributed by atoms with Crippen molar-refractivity contribution < 1.29 is 9.18 Å². The lowest BCUT2D eigenvalue weighted by atomic mass is 9.86. The lowest BCUT2D eigenvalue weighted by molar-refractivity contribution is -0.126. The first-order valence-electron chi connectivity index (χ1n) is 7.97. The summed E-state index contributed by atoms with van der Waals surface area (Å²) in [6, 6.07) is 12.3. The zero-order valence-corrected chi connectivity index (χ0v) is 14.2. The summed E-state index contributed by atoms with van der Waals surface area (Å²) >= 11 is 5.95. The van der Waals surface area contributed by atoms with Gasteiger partial charge in [0.2, 0.25) is 5.91 Å². The molecule has 2 atom stereocenters. The highest BCUT2D eigenvalue weighted by atomic mass is 35.5. The van der Waals surface area contributed by atoms with E-state index in [0.717, 1.165) is 24.0 Å². The van der Waals surface area contributed by atoms with E-state index in [1.54, 1.807) is 6.07 Å². The highest BCUT2D eigenvalue weighted by Gasteiger charge is 2.41. The molecule has 2 aromatic carbocycles. The molecule has 24 heavy (non-hydrogen) atoms. The molecule has 0 aromatic heterocycles. The van der Waals surface area contributed by atoms with Gasteiger partial charge in [-0.2, -0.15) is 0 Å². The van der Waals surface area contributed by atoms with Gasteiger partial charge < -0.3 is 11.1 Å². The van der Waals surface area contributed by atoms with Crippen molar-refractivity contribution in [2.24, 2.45) is 11.1 Å². The van der Waals surface area contributed by atoms with E-state index in [4.69, 9.17) is 17.3 Å². The van der Waals surface area contributed by atoms with Gasteiger partial charge in [-0.3, -0.25) is 4.79 Å². The third-order valence-corrected chi connectivity index (χ3v) is 4.94. The van der Waals surface area contributed by atoms with E-state index in [-0.39, 0.29) is 17.8 Å². The fourth-order valence-electron chi connectivity index (χ4n) is 3.17. The fourth-order valence-corrected chi connectivity index (χ4v) is 3.34. The van der Waals surface area contributed by atoms with Crippen molar-refractivity contribution in [2.75, 3.05) is 6.54 Å². The average molecular weight is 347 g/mol. The number of nitrogens with two attached hydrogens (primary N) is 1. The molecule has 1 amide bonds. The summed E-state index contributed by atoms with van der Waals surface area (Å²) < 4.78 is 13.9. The number of carbonyl (C=O) groups excluding carboxylic acids is 1. The highest BCUT2D eigenvalue weighted by molar-refractivity contribution is 6.30.